The van der Waals surface area contributed by atoms with Crippen LogP contribution in [0.4, 0.5) is 26.2 Å². The van der Waals surface area contributed by atoms with Crippen LogP contribution in [0.15, 0.2) is 71.0 Å². The molecule has 1 heterocycles. The fraction of sp³-hybridized carbons (Fsp3) is 0.280. The van der Waals surface area contributed by atoms with Crippen LogP contribution in [0.3, 0.4) is 0 Å². The van der Waals surface area contributed by atoms with Gasteiger partial charge in [0.25, 0.3) is 0 Å². The number of nitro groups is 1. The fourth-order valence-corrected chi connectivity index (χ4v) is 3.64. The van der Waals surface area contributed by atoms with Crippen LogP contribution in [0.25, 0.3) is 0 Å². The Kier molecular flexibility index (Phi) is 8.19. The van der Waals surface area contributed by atoms with Gasteiger partial charge in [0.1, 0.15) is 11.6 Å². The van der Waals surface area contributed by atoms with Gasteiger partial charge < -0.3 is 10.1 Å². The fourth-order valence-electron chi connectivity index (χ4n) is 3.64. The van der Waals surface area contributed by atoms with Crippen molar-refractivity contribution in [3.63, 3.8) is 0 Å². The minimum atomic E-state index is -0.990. The number of carbonyl (C=O) groups excluding carboxylic acids is 1. The van der Waals surface area contributed by atoms with E-state index in [0.29, 0.717) is 12.4 Å². The molecule has 1 N–H and O–H groups in total. The normalized spacial score (nSPS) is 16.7. The summed E-state index contributed by atoms with van der Waals surface area (Å²) in [5.74, 6) is -0.481. The van der Waals surface area contributed by atoms with Crippen molar-refractivity contribution in [2.24, 2.45) is 4.99 Å². The van der Waals surface area contributed by atoms with Crippen LogP contribution < -0.4 is 15.0 Å². The molecule has 0 spiro atoms. The van der Waals surface area contributed by atoms with Crippen LogP contribution in [-0.2, 0) is 0 Å². The number of aliphatic imine (C=N–C) groups is 1. The maximum absolute atomic E-state index is 14.0. The molecule has 1 saturated heterocycles. The maximum Gasteiger partial charge on any atom is 0.329 e. The van der Waals surface area contributed by atoms with E-state index >= 15 is 0 Å². The summed E-state index contributed by atoms with van der Waals surface area (Å²) in [5.41, 5.74) is 1.91. The predicted molar refractivity (Wildman–Crippen MR) is 134 cm³/mol. The molecule has 0 aromatic heterocycles. The first-order valence-electron chi connectivity index (χ1n) is 11.1. The van der Waals surface area contributed by atoms with E-state index < -0.39 is 16.4 Å². The number of hydrogen-bond acceptors (Lipinski definition) is 5. The monoisotopic (exact) mass is 481 g/mol. The Morgan fingerprint density at radius 3 is 2.66 bits per heavy atom. The van der Waals surface area contributed by atoms with E-state index in [4.69, 9.17) is 4.74 Å². The lowest BCUT2D eigenvalue weighted by Crippen LogP contribution is -2.47. The molecule has 0 bridgehead atoms. The third kappa shape index (κ3) is 5.84. The Morgan fingerprint density at radius 1 is 1.31 bits per heavy atom. The summed E-state index contributed by atoms with van der Waals surface area (Å²) < 4.78 is 19.1. The minimum Gasteiger partial charge on any atom is -0.494 e. The number of unbranched alkanes of at least 4 members (excludes halogenated alkanes) is 1. The Labute approximate surface area is 203 Å². The molecule has 2 aromatic rings. The number of methoxy groups -OCH3 is 1. The summed E-state index contributed by atoms with van der Waals surface area (Å²) in [6.07, 6.45) is 5.39. The highest BCUT2D eigenvalue weighted by Gasteiger charge is 2.30. The number of nitrogens with one attached hydrogen (secondary N) is 1. The van der Waals surface area contributed by atoms with Gasteiger partial charge >= 0.3 is 11.7 Å². The molecule has 1 aliphatic rings. The van der Waals surface area contributed by atoms with E-state index in [1.54, 1.807) is 30.0 Å². The molecule has 184 valence electrons. The van der Waals surface area contributed by atoms with Gasteiger partial charge in [0, 0.05) is 42.3 Å². The molecule has 0 atom stereocenters. The number of urea groups is 1. The Morgan fingerprint density at radius 2 is 2.03 bits per heavy atom. The number of nitro benzene ring substituents is 1. The highest BCUT2D eigenvalue weighted by molar-refractivity contribution is 5.97. The van der Waals surface area contributed by atoms with E-state index in [1.807, 2.05) is 36.4 Å². The first kappa shape index (κ1) is 25.4. The molecule has 9 nitrogen and oxygen atoms in total. The second-order valence-corrected chi connectivity index (χ2v) is 7.90. The lowest BCUT2D eigenvalue weighted by molar-refractivity contribution is -0.387. The van der Waals surface area contributed by atoms with Gasteiger partial charge in [0.15, 0.2) is 0 Å². The van der Waals surface area contributed by atoms with Crippen LogP contribution >= 0.6 is 0 Å². The summed E-state index contributed by atoms with van der Waals surface area (Å²) in [4.78, 5) is 31.1. The smallest absolute Gasteiger partial charge is 0.329 e. The van der Waals surface area contributed by atoms with Gasteiger partial charge in [-0.1, -0.05) is 37.6 Å². The van der Waals surface area contributed by atoms with Gasteiger partial charge in [-0.15, -0.1) is 0 Å². The van der Waals surface area contributed by atoms with Crippen LogP contribution in [0.1, 0.15) is 26.7 Å². The number of carbonyl (C=O) groups is 1. The zero-order valence-corrected chi connectivity index (χ0v) is 20.1. The van der Waals surface area contributed by atoms with E-state index in [1.165, 1.54) is 7.11 Å². The second kappa shape index (κ2) is 11.3. The van der Waals surface area contributed by atoms with Crippen LogP contribution in [0, 0.1) is 15.9 Å². The number of ether oxygens (including phenoxy) is 1. The number of nitrogens with zero attached hydrogens (tertiary/aromatic N) is 4. The number of amidine groups is 1. The number of rotatable bonds is 7. The van der Waals surface area contributed by atoms with Crippen molar-refractivity contribution >= 4 is 28.9 Å². The third-order valence-corrected chi connectivity index (χ3v) is 5.43. The predicted octanol–water partition coefficient (Wildman–Crippen LogP) is 5.71. The summed E-state index contributed by atoms with van der Waals surface area (Å²) in [5, 5.41) is 14.1. The second-order valence-electron chi connectivity index (χ2n) is 7.90. The summed E-state index contributed by atoms with van der Waals surface area (Å²) >= 11 is 0. The number of halogens is 1. The third-order valence-electron chi connectivity index (χ3n) is 5.43. The lowest BCUT2D eigenvalue weighted by Gasteiger charge is -2.36. The van der Waals surface area contributed by atoms with Gasteiger partial charge in [-0.2, -0.15) is 4.39 Å². The largest absolute Gasteiger partial charge is 0.494 e. The first-order chi connectivity index (χ1) is 16.8. The molecule has 35 heavy (non-hydrogen) atoms. The van der Waals surface area contributed by atoms with Crippen molar-refractivity contribution < 1.29 is 18.8 Å². The molecule has 2 amide bonds. The highest BCUT2D eigenvalue weighted by atomic mass is 19.1. The van der Waals surface area contributed by atoms with Crippen LogP contribution in [0.5, 0.6) is 5.75 Å². The van der Waals surface area contributed by atoms with Crippen LogP contribution in [-0.4, -0.2) is 42.4 Å². The number of hydrogen-bond donors (Lipinski definition) is 1. The molecule has 0 radical (unpaired) electrons. The number of amides is 2. The standard InChI is InChI=1S/C25H28FN5O4/c1-5-6-12-22-18(16-30(25(32)29(22)3)19-10-8-7-9-11-19)15-27-17(2)28-21-14-23(31(33)34)20(26)13-24(21)35-4/h7-15H,5-6,16H2,1-4H3,(H,27,28)/b18-15-,22-12-. The van der Waals surface area contributed by atoms with Crippen LogP contribution in [0.2, 0.25) is 0 Å². The van der Waals surface area contributed by atoms with Crippen molar-refractivity contribution in [1.82, 2.24) is 4.90 Å². The molecular formula is C25H28FN5O4. The van der Waals surface area contributed by atoms with E-state index in [2.05, 4.69) is 17.2 Å². The van der Waals surface area contributed by atoms with Crippen molar-refractivity contribution in [3.8, 4) is 5.75 Å². The molecule has 3 rings (SSSR count). The van der Waals surface area contributed by atoms with E-state index in [9.17, 15) is 19.3 Å². The number of para-hydroxylation sites is 1. The summed E-state index contributed by atoms with van der Waals surface area (Å²) in [6.45, 7) is 4.06. The molecule has 0 unspecified atom stereocenters. The van der Waals surface area contributed by atoms with Crippen molar-refractivity contribution in [2.45, 2.75) is 26.7 Å². The van der Waals surface area contributed by atoms with E-state index in [-0.39, 0.29) is 17.5 Å². The summed E-state index contributed by atoms with van der Waals surface area (Å²) in [6, 6.07) is 11.2. The number of benzene rings is 2. The molecule has 1 fully saturated rings. The number of anilines is 2. The topological polar surface area (TPSA) is 100 Å². The maximum atomic E-state index is 14.0. The Bertz CT molecular complexity index is 1190. The van der Waals surface area contributed by atoms with E-state index in [0.717, 1.165) is 41.9 Å². The zero-order chi connectivity index (χ0) is 25.5. The molecule has 2 aromatic carbocycles. The number of likely N-dealkylation sites (N-methyl/N-ethyl adjacent to an activating group) is 1. The van der Waals surface area contributed by atoms with Crippen molar-refractivity contribution in [3.05, 3.63) is 81.9 Å². The van der Waals surface area contributed by atoms with Gasteiger partial charge in [0.2, 0.25) is 5.82 Å². The van der Waals surface area contributed by atoms with Crippen molar-refractivity contribution in [1.29, 1.82) is 0 Å². The Hall–Kier alpha value is -4.21. The summed E-state index contributed by atoms with van der Waals surface area (Å²) in [7, 11) is 3.07. The lowest BCUT2D eigenvalue weighted by atomic mass is 10.1. The molecule has 0 aliphatic carbocycles. The molecule has 1 aliphatic heterocycles. The van der Waals surface area contributed by atoms with Crippen molar-refractivity contribution in [2.75, 3.05) is 30.9 Å². The molecule has 10 heteroatoms. The quantitative estimate of drug-likeness (QED) is 0.236. The number of allylic oxidation sites excluding steroid dienone is 1. The first-order valence-corrected chi connectivity index (χ1v) is 11.1. The Balaban J connectivity index is 1.95. The van der Waals surface area contributed by atoms with Gasteiger partial charge in [-0.3, -0.25) is 19.9 Å². The van der Waals surface area contributed by atoms with Gasteiger partial charge in [0.05, 0.1) is 24.3 Å². The molecule has 0 saturated carbocycles. The van der Waals surface area contributed by atoms with Gasteiger partial charge in [-0.05, 0) is 25.5 Å². The molecular weight excluding hydrogens is 453 g/mol. The SMILES string of the molecule is CCC/C=C1/C(=C\N=C(C)Nc2cc([N+](=O)[O-])c(F)cc2OC)CN(c2ccccc2)C(=O)N1C. The zero-order valence-electron chi connectivity index (χ0n) is 20.1. The minimum absolute atomic E-state index is 0.108. The highest BCUT2D eigenvalue weighted by Crippen LogP contribution is 2.32. The van der Waals surface area contributed by atoms with Gasteiger partial charge in [-0.25, -0.2) is 9.79 Å². The average Bonchev–Trinajstić information content (AvgIpc) is 2.85. The average molecular weight is 482 g/mol.